The maximum absolute atomic E-state index is 8.54. The maximum atomic E-state index is 8.54. The van der Waals surface area contributed by atoms with Crippen LogP contribution in [0.15, 0.2) is 24.3 Å². The van der Waals surface area contributed by atoms with Crippen molar-refractivity contribution in [2.75, 3.05) is 33.5 Å². The standard InChI is InChI=1S/C13H21NO3/c1-11(14-7-9-17-10-8-15)12-3-5-13(16-2)6-4-12/h3-6,11,14-15H,7-10H2,1-2H3. The van der Waals surface area contributed by atoms with Crippen LogP contribution in [-0.4, -0.2) is 38.6 Å². The first-order valence-electron chi connectivity index (χ1n) is 5.84. The first kappa shape index (κ1) is 14.0. The van der Waals surface area contributed by atoms with Crippen molar-refractivity contribution in [3.63, 3.8) is 0 Å². The summed E-state index contributed by atoms with van der Waals surface area (Å²) in [4.78, 5) is 0. The van der Waals surface area contributed by atoms with Crippen molar-refractivity contribution in [2.24, 2.45) is 0 Å². The van der Waals surface area contributed by atoms with Gasteiger partial charge in [-0.25, -0.2) is 0 Å². The van der Waals surface area contributed by atoms with Gasteiger partial charge in [0, 0.05) is 12.6 Å². The zero-order valence-corrected chi connectivity index (χ0v) is 10.5. The predicted molar refractivity (Wildman–Crippen MR) is 67.3 cm³/mol. The molecule has 0 saturated heterocycles. The average Bonchev–Trinajstić information content (AvgIpc) is 2.38. The Morgan fingerprint density at radius 2 is 1.94 bits per heavy atom. The molecule has 0 aliphatic carbocycles. The number of benzene rings is 1. The van der Waals surface area contributed by atoms with Crippen molar-refractivity contribution in [2.45, 2.75) is 13.0 Å². The van der Waals surface area contributed by atoms with E-state index in [0.717, 1.165) is 12.3 Å². The Balaban J connectivity index is 2.28. The van der Waals surface area contributed by atoms with Crippen LogP contribution in [0.3, 0.4) is 0 Å². The van der Waals surface area contributed by atoms with Crippen molar-refractivity contribution in [1.82, 2.24) is 5.32 Å². The summed E-state index contributed by atoms with van der Waals surface area (Å²) < 4.78 is 10.3. The van der Waals surface area contributed by atoms with Gasteiger partial charge in [0.1, 0.15) is 5.75 Å². The molecule has 4 heteroatoms. The maximum Gasteiger partial charge on any atom is 0.118 e. The molecule has 0 bridgehead atoms. The molecule has 1 aromatic rings. The fourth-order valence-corrected chi connectivity index (χ4v) is 1.52. The average molecular weight is 239 g/mol. The lowest BCUT2D eigenvalue weighted by molar-refractivity contribution is 0.0928. The minimum absolute atomic E-state index is 0.0774. The van der Waals surface area contributed by atoms with Gasteiger partial charge in [0.2, 0.25) is 0 Å². The third-order valence-corrected chi connectivity index (χ3v) is 2.55. The second-order valence-electron chi connectivity index (χ2n) is 3.78. The van der Waals surface area contributed by atoms with Gasteiger partial charge in [0.25, 0.3) is 0 Å². The summed E-state index contributed by atoms with van der Waals surface area (Å²) in [5, 5.41) is 11.9. The first-order valence-corrected chi connectivity index (χ1v) is 5.84. The molecule has 17 heavy (non-hydrogen) atoms. The molecule has 0 radical (unpaired) electrons. The number of hydrogen-bond donors (Lipinski definition) is 2. The van der Waals surface area contributed by atoms with E-state index >= 15 is 0 Å². The summed E-state index contributed by atoms with van der Waals surface area (Å²) in [6, 6.07) is 8.28. The van der Waals surface area contributed by atoms with E-state index in [-0.39, 0.29) is 12.6 Å². The molecule has 0 aliphatic heterocycles. The minimum atomic E-state index is 0.0774. The SMILES string of the molecule is COc1ccc(C(C)NCCOCCO)cc1. The quantitative estimate of drug-likeness (QED) is 0.672. The number of ether oxygens (including phenoxy) is 2. The molecule has 1 atom stereocenters. The topological polar surface area (TPSA) is 50.7 Å². The molecule has 0 fully saturated rings. The molecule has 1 aromatic carbocycles. The molecule has 0 amide bonds. The van der Waals surface area contributed by atoms with Crippen LogP contribution in [0.1, 0.15) is 18.5 Å². The van der Waals surface area contributed by atoms with E-state index in [1.54, 1.807) is 7.11 Å². The van der Waals surface area contributed by atoms with Gasteiger partial charge in [-0.15, -0.1) is 0 Å². The van der Waals surface area contributed by atoms with Crippen LogP contribution in [-0.2, 0) is 4.74 Å². The Hall–Kier alpha value is -1.10. The highest BCUT2D eigenvalue weighted by Gasteiger charge is 2.04. The summed E-state index contributed by atoms with van der Waals surface area (Å²) in [5.41, 5.74) is 1.22. The molecule has 0 heterocycles. The van der Waals surface area contributed by atoms with Gasteiger partial charge >= 0.3 is 0 Å². The van der Waals surface area contributed by atoms with Crippen LogP contribution in [0.2, 0.25) is 0 Å². The molecule has 96 valence electrons. The normalized spacial score (nSPS) is 12.4. The highest BCUT2D eigenvalue weighted by Crippen LogP contribution is 2.16. The van der Waals surface area contributed by atoms with Gasteiger partial charge in [0.05, 0.1) is 26.9 Å². The Morgan fingerprint density at radius 1 is 1.24 bits per heavy atom. The minimum Gasteiger partial charge on any atom is -0.497 e. The van der Waals surface area contributed by atoms with Crippen molar-refractivity contribution in [3.8, 4) is 5.75 Å². The fourth-order valence-electron chi connectivity index (χ4n) is 1.52. The molecule has 0 aromatic heterocycles. The highest BCUT2D eigenvalue weighted by atomic mass is 16.5. The van der Waals surface area contributed by atoms with Crippen LogP contribution in [0.4, 0.5) is 0 Å². The number of hydrogen-bond acceptors (Lipinski definition) is 4. The molecule has 1 unspecified atom stereocenters. The summed E-state index contributed by atoms with van der Waals surface area (Å²) in [7, 11) is 1.66. The summed E-state index contributed by atoms with van der Waals surface area (Å²) in [6.07, 6.45) is 0. The number of aliphatic hydroxyl groups excluding tert-OH is 1. The molecule has 0 spiro atoms. The number of rotatable bonds is 8. The molecular formula is C13H21NO3. The molecule has 1 rings (SSSR count). The van der Waals surface area contributed by atoms with Crippen molar-refractivity contribution < 1.29 is 14.6 Å². The van der Waals surface area contributed by atoms with Gasteiger partial charge in [-0.05, 0) is 24.6 Å². The van der Waals surface area contributed by atoms with Crippen molar-refractivity contribution >= 4 is 0 Å². The van der Waals surface area contributed by atoms with Gasteiger partial charge in [-0.3, -0.25) is 0 Å². The van der Waals surface area contributed by atoms with E-state index < -0.39 is 0 Å². The largest absolute Gasteiger partial charge is 0.497 e. The molecule has 0 aliphatic rings. The lowest BCUT2D eigenvalue weighted by atomic mass is 10.1. The van der Waals surface area contributed by atoms with Crippen LogP contribution in [0, 0.1) is 0 Å². The van der Waals surface area contributed by atoms with E-state index in [4.69, 9.17) is 14.6 Å². The first-order chi connectivity index (χ1) is 8.27. The molecular weight excluding hydrogens is 218 g/mol. The van der Waals surface area contributed by atoms with Crippen LogP contribution >= 0.6 is 0 Å². The Labute approximate surface area is 103 Å². The zero-order chi connectivity index (χ0) is 12.5. The second kappa shape index (κ2) is 8.06. The van der Waals surface area contributed by atoms with E-state index in [2.05, 4.69) is 12.2 Å². The van der Waals surface area contributed by atoms with Gasteiger partial charge in [-0.2, -0.15) is 0 Å². The Kier molecular flexibility index (Phi) is 6.62. The lowest BCUT2D eigenvalue weighted by Gasteiger charge is -2.14. The van der Waals surface area contributed by atoms with Crippen LogP contribution in [0.5, 0.6) is 5.75 Å². The van der Waals surface area contributed by atoms with E-state index in [1.165, 1.54) is 5.56 Å². The number of methoxy groups -OCH3 is 1. The predicted octanol–water partition coefficient (Wildman–Crippen LogP) is 1.35. The lowest BCUT2D eigenvalue weighted by Crippen LogP contribution is -2.23. The summed E-state index contributed by atoms with van der Waals surface area (Å²) in [6.45, 7) is 3.97. The summed E-state index contributed by atoms with van der Waals surface area (Å²) in [5.74, 6) is 0.868. The third-order valence-electron chi connectivity index (χ3n) is 2.55. The van der Waals surface area contributed by atoms with E-state index in [1.807, 2.05) is 24.3 Å². The fraction of sp³-hybridized carbons (Fsp3) is 0.538. The smallest absolute Gasteiger partial charge is 0.118 e. The van der Waals surface area contributed by atoms with E-state index in [0.29, 0.717) is 13.2 Å². The molecule has 0 saturated carbocycles. The van der Waals surface area contributed by atoms with Crippen molar-refractivity contribution in [3.05, 3.63) is 29.8 Å². The van der Waals surface area contributed by atoms with Crippen LogP contribution < -0.4 is 10.1 Å². The van der Waals surface area contributed by atoms with Gasteiger partial charge in [0.15, 0.2) is 0 Å². The Bertz CT molecular complexity index is 300. The van der Waals surface area contributed by atoms with Gasteiger partial charge < -0.3 is 19.9 Å². The third kappa shape index (κ3) is 5.17. The Morgan fingerprint density at radius 3 is 2.53 bits per heavy atom. The van der Waals surface area contributed by atoms with Gasteiger partial charge in [-0.1, -0.05) is 12.1 Å². The summed E-state index contributed by atoms with van der Waals surface area (Å²) >= 11 is 0. The number of aliphatic hydroxyl groups is 1. The second-order valence-corrected chi connectivity index (χ2v) is 3.78. The highest BCUT2D eigenvalue weighted by molar-refractivity contribution is 5.28. The van der Waals surface area contributed by atoms with E-state index in [9.17, 15) is 0 Å². The van der Waals surface area contributed by atoms with Crippen molar-refractivity contribution in [1.29, 1.82) is 0 Å². The van der Waals surface area contributed by atoms with Crippen LogP contribution in [0.25, 0.3) is 0 Å². The monoisotopic (exact) mass is 239 g/mol. The molecule has 4 nitrogen and oxygen atoms in total. The zero-order valence-electron chi connectivity index (χ0n) is 10.5. The number of nitrogens with one attached hydrogen (secondary N) is 1. The molecule has 2 N–H and O–H groups in total.